The number of hydrogen-bond donors (Lipinski definition) is 4. The number of nitrogens with one attached hydrogen (secondary N) is 4. The molecule has 0 aliphatic carbocycles. The van der Waals surface area contributed by atoms with Crippen LogP contribution in [0.1, 0.15) is 24.9 Å². The van der Waals surface area contributed by atoms with Crippen LogP contribution in [0.4, 0.5) is 0 Å². The molecule has 0 bridgehead atoms. The Morgan fingerprint density at radius 2 is 2.43 bits per heavy atom. The van der Waals surface area contributed by atoms with Crippen molar-refractivity contribution in [3.63, 3.8) is 0 Å². The third-order valence-electron chi connectivity index (χ3n) is 4.08. The van der Waals surface area contributed by atoms with Gasteiger partial charge in [-0.15, -0.1) is 4.72 Å². The van der Waals surface area contributed by atoms with Crippen LogP contribution in [-0.4, -0.2) is 32.2 Å². The lowest BCUT2D eigenvalue weighted by atomic mass is 10.1. The molecule has 1 aromatic heterocycles. The van der Waals surface area contributed by atoms with Crippen LogP contribution in [0.2, 0.25) is 0 Å². The zero-order valence-corrected chi connectivity index (χ0v) is 14.2. The fourth-order valence-corrected chi connectivity index (χ4v) is 3.29. The number of aryl methyl sites for hydroxylation is 1. The van der Waals surface area contributed by atoms with Gasteiger partial charge in [0.15, 0.2) is 0 Å². The minimum absolute atomic E-state index is 0.320. The summed E-state index contributed by atoms with van der Waals surface area (Å²) in [7, 11) is 0. The summed E-state index contributed by atoms with van der Waals surface area (Å²) in [6.45, 7) is 3.45. The van der Waals surface area contributed by atoms with Gasteiger partial charge in [0.1, 0.15) is 17.9 Å². The van der Waals surface area contributed by atoms with Crippen molar-refractivity contribution in [2.24, 2.45) is 0 Å². The molecule has 4 N–H and O–H groups in total. The normalized spacial score (nSPS) is 23.4. The van der Waals surface area contributed by atoms with Gasteiger partial charge in [0.25, 0.3) is 0 Å². The zero-order valence-electron chi connectivity index (χ0n) is 13.3. The Hall–Kier alpha value is -1.77. The minimum atomic E-state index is -1.02. The van der Waals surface area contributed by atoms with Crippen molar-refractivity contribution >= 4 is 17.2 Å². The maximum atomic E-state index is 11.1. The van der Waals surface area contributed by atoms with Crippen LogP contribution in [0.15, 0.2) is 29.7 Å². The summed E-state index contributed by atoms with van der Waals surface area (Å²) < 4.78 is 16.2. The maximum Gasteiger partial charge on any atom is 0.131 e. The SMILES string of the molecule is C/C(NC1CCn2cc(CN[S+](C)[O-])nc2C1)=C1/C=CNC1=N. The molecular weight excluding hydrogens is 312 g/mol. The van der Waals surface area contributed by atoms with Gasteiger partial charge in [-0.3, -0.25) is 5.41 Å². The summed E-state index contributed by atoms with van der Waals surface area (Å²) in [5, 5.41) is 14.2. The molecule has 0 aromatic carbocycles. The Morgan fingerprint density at radius 1 is 1.61 bits per heavy atom. The van der Waals surface area contributed by atoms with Crippen molar-refractivity contribution < 1.29 is 4.55 Å². The van der Waals surface area contributed by atoms with Gasteiger partial charge in [-0.25, -0.2) is 4.98 Å². The average Bonchev–Trinajstić information content (AvgIpc) is 3.10. The molecule has 0 saturated carbocycles. The molecule has 124 valence electrons. The van der Waals surface area contributed by atoms with E-state index in [2.05, 4.69) is 24.9 Å². The average molecular weight is 334 g/mol. The first-order chi connectivity index (χ1) is 11.0. The van der Waals surface area contributed by atoms with E-state index in [9.17, 15) is 4.55 Å². The summed E-state index contributed by atoms with van der Waals surface area (Å²) >= 11 is -1.02. The maximum absolute atomic E-state index is 11.1. The highest BCUT2D eigenvalue weighted by Gasteiger charge is 2.22. The van der Waals surface area contributed by atoms with Crippen LogP contribution in [0.5, 0.6) is 0 Å². The molecule has 0 amide bonds. The molecule has 2 unspecified atom stereocenters. The lowest BCUT2D eigenvalue weighted by Gasteiger charge is -2.26. The number of amidine groups is 1. The third-order valence-corrected chi connectivity index (χ3v) is 4.64. The number of fused-ring (bicyclic) bond motifs is 1. The van der Waals surface area contributed by atoms with E-state index in [-0.39, 0.29) is 0 Å². The van der Waals surface area contributed by atoms with Crippen molar-refractivity contribution in [2.75, 3.05) is 6.26 Å². The van der Waals surface area contributed by atoms with E-state index in [0.717, 1.165) is 42.2 Å². The van der Waals surface area contributed by atoms with Crippen molar-refractivity contribution in [3.05, 3.63) is 41.3 Å². The van der Waals surface area contributed by atoms with Gasteiger partial charge >= 0.3 is 0 Å². The predicted molar refractivity (Wildman–Crippen MR) is 91.1 cm³/mol. The Balaban J connectivity index is 1.64. The van der Waals surface area contributed by atoms with Gasteiger partial charge in [0.2, 0.25) is 0 Å². The van der Waals surface area contributed by atoms with Gasteiger partial charge < -0.3 is 19.8 Å². The first-order valence-electron chi connectivity index (χ1n) is 7.64. The standard InChI is InChI=1S/C15H22N6OS/c1-10(13-3-5-17-15(13)16)19-11-4-6-21-9-12(8-18-23(2)22)20-14(21)7-11/h3,5,9,11,18-19H,4,6-8H2,1-2H3,(H2,16,17)/b13-10+. The van der Waals surface area contributed by atoms with Crippen LogP contribution < -0.4 is 15.4 Å². The molecule has 0 radical (unpaired) electrons. The van der Waals surface area contributed by atoms with Crippen LogP contribution in [-0.2, 0) is 30.9 Å². The summed E-state index contributed by atoms with van der Waals surface area (Å²) in [4.78, 5) is 4.63. The summed E-state index contributed by atoms with van der Waals surface area (Å²) in [5.74, 6) is 1.49. The Kier molecular flexibility index (Phi) is 4.74. The van der Waals surface area contributed by atoms with E-state index in [0.29, 0.717) is 18.4 Å². The number of allylic oxidation sites excluding steroid dienone is 1. The molecule has 1 aromatic rings. The zero-order chi connectivity index (χ0) is 16.4. The van der Waals surface area contributed by atoms with Crippen LogP contribution in [0.3, 0.4) is 0 Å². The van der Waals surface area contributed by atoms with Crippen LogP contribution in [0, 0.1) is 5.41 Å². The fraction of sp³-hybridized carbons (Fsp3) is 0.467. The quantitative estimate of drug-likeness (QED) is 0.589. The second-order valence-corrected chi connectivity index (χ2v) is 7.04. The molecule has 2 atom stereocenters. The number of aromatic nitrogens is 2. The van der Waals surface area contributed by atoms with E-state index in [4.69, 9.17) is 5.41 Å². The van der Waals surface area contributed by atoms with Crippen LogP contribution in [0.25, 0.3) is 0 Å². The lowest BCUT2D eigenvalue weighted by Crippen LogP contribution is -2.36. The highest BCUT2D eigenvalue weighted by Crippen LogP contribution is 2.18. The molecule has 3 rings (SSSR count). The number of nitrogens with zero attached hydrogens (tertiary/aromatic N) is 2. The Morgan fingerprint density at radius 3 is 3.13 bits per heavy atom. The van der Waals surface area contributed by atoms with Crippen molar-refractivity contribution in [1.29, 1.82) is 5.41 Å². The van der Waals surface area contributed by atoms with E-state index in [1.165, 1.54) is 0 Å². The molecular formula is C15H22N6OS. The smallest absolute Gasteiger partial charge is 0.131 e. The van der Waals surface area contributed by atoms with E-state index in [1.54, 1.807) is 12.5 Å². The highest BCUT2D eigenvalue weighted by molar-refractivity contribution is 7.88. The lowest BCUT2D eigenvalue weighted by molar-refractivity contribution is 0.418. The fourth-order valence-electron chi connectivity index (χ4n) is 2.94. The highest BCUT2D eigenvalue weighted by atomic mass is 32.2. The second kappa shape index (κ2) is 6.77. The summed E-state index contributed by atoms with van der Waals surface area (Å²) in [6, 6.07) is 0.320. The second-order valence-electron chi connectivity index (χ2n) is 5.84. The monoisotopic (exact) mass is 334 g/mol. The molecule has 23 heavy (non-hydrogen) atoms. The molecule has 0 saturated heterocycles. The first kappa shape index (κ1) is 16.1. The van der Waals surface area contributed by atoms with Crippen molar-refractivity contribution in [1.82, 2.24) is 24.9 Å². The van der Waals surface area contributed by atoms with Crippen molar-refractivity contribution in [3.8, 4) is 0 Å². The van der Waals surface area contributed by atoms with Crippen LogP contribution >= 0.6 is 0 Å². The van der Waals surface area contributed by atoms with Gasteiger partial charge in [0.05, 0.1) is 12.2 Å². The molecule has 0 fully saturated rings. The van der Waals surface area contributed by atoms with E-state index >= 15 is 0 Å². The van der Waals surface area contributed by atoms with E-state index < -0.39 is 11.4 Å². The topological polar surface area (TPSA) is 101 Å². The summed E-state index contributed by atoms with van der Waals surface area (Å²) in [5.41, 5.74) is 2.86. The number of hydrogen-bond acceptors (Lipinski definition) is 5. The molecule has 8 heteroatoms. The molecule has 0 spiro atoms. The van der Waals surface area contributed by atoms with Gasteiger partial charge in [-0.05, 0) is 19.4 Å². The minimum Gasteiger partial charge on any atom is -0.598 e. The molecule has 3 heterocycles. The Labute approximate surface area is 139 Å². The summed E-state index contributed by atoms with van der Waals surface area (Å²) in [6.07, 6.45) is 9.23. The number of imidazole rings is 1. The molecule has 2 aliphatic heterocycles. The van der Waals surface area contributed by atoms with Crippen molar-refractivity contribution in [2.45, 2.75) is 38.9 Å². The molecule has 2 aliphatic rings. The Bertz CT molecular complexity index is 663. The first-order valence-corrected chi connectivity index (χ1v) is 9.20. The number of rotatable bonds is 5. The third kappa shape index (κ3) is 3.77. The van der Waals surface area contributed by atoms with Gasteiger partial charge in [-0.2, -0.15) is 0 Å². The van der Waals surface area contributed by atoms with E-state index in [1.807, 2.05) is 19.2 Å². The largest absolute Gasteiger partial charge is 0.598 e. The predicted octanol–water partition coefficient (Wildman–Crippen LogP) is 0.539. The molecule has 7 nitrogen and oxygen atoms in total. The van der Waals surface area contributed by atoms with Gasteiger partial charge in [0, 0.05) is 54.0 Å². The van der Waals surface area contributed by atoms with Gasteiger partial charge in [-0.1, -0.05) is 0 Å².